The van der Waals surface area contributed by atoms with Gasteiger partial charge < -0.3 is 13.5 Å². The Morgan fingerprint density at radius 3 is 2.40 bits per heavy atom. The van der Waals surface area contributed by atoms with Crippen molar-refractivity contribution >= 4 is 33.8 Å². The number of para-hydroxylation sites is 1. The summed E-state index contributed by atoms with van der Waals surface area (Å²) < 4.78 is 37.5. The largest absolute Gasteiger partial charge is 0.493 e. The molecule has 0 atom stereocenters. The van der Waals surface area contributed by atoms with Crippen molar-refractivity contribution < 1.29 is 22.1 Å². The second-order valence-corrected chi connectivity index (χ2v) is 9.14. The van der Waals surface area contributed by atoms with Crippen molar-refractivity contribution in [1.82, 2.24) is 9.99 Å². The third-order valence-electron chi connectivity index (χ3n) is 4.89. The summed E-state index contributed by atoms with van der Waals surface area (Å²) in [5, 5.41) is 4.00. The minimum Gasteiger partial charge on any atom is -0.493 e. The Morgan fingerprint density at radius 1 is 1.00 bits per heavy atom. The van der Waals surface area contributed by atoms with E-state index in [2.05, 4.69) is 10.5 Å². The highest BCUT2D eigenvalue weighted by Crippen LogP contribution is 2.38. The zero-order chi connectivity index (χ0) is 24.8. The first-order valence-electron chi connectivity index (χ1n) is 10.3. The van der Waals surface area contributed by atoms with Gasteiger partial charge >= 0.3 is 10.1 Å². The summed E-state index contributed by atoms with van der Waals surface area (Å²) in [5.74, 6) is -0.472. The summed E-state index contributed by atoms with van der Waals surface area (Å²) in [7, 11) is -2.76. The van der Waals surface area contributed by atoms with Crippen LogP contribution in [0.4, 0.5) is 0 Å². The molecule has 0 fully saturated rings. The lowest BCUT2D eigenvalue weighted by Gasteiger charge is -2.13. The Labute approximate surface area is 207 Å². The lowest BCUT2D eigenvalue weighted by molar-refractivity contribution is 0.0955. The van der Waals surface area contributed by atoms with Crippen LogP contribution < -0.4 is 14.3 Å². The van der Waals surface area contributed by atoms with E-state index in [-0.39, 0.29) is 21.4 Å². The predicted molar refractivity (Wildman–Crippen MR) is 133 cm³/mol. The molecule has 1 N–H and O–H groups in total. The molecule has 0 aliphatic rings. The van der Waals surface area contributed by atoms with Crippen molar-refractivity contribution in [2.24, 2.45) is 5.10 Å². The van der Waals surface area contributed by atoms with E-state index in [0.717, 1.165) is 0 Å². The first-order chi connectivity index (χ1) is 16.9. The van der Waals surface area contributed by atoms with E-state index in [1.807, 2.05) is 41.2 Å². The molecule has 4 aromatic rings. The Hall–Kier alpha value is -4.08. The van der Waals surface area contributed by atoms with Crippen LogP contribution >= 0.6 is 11.6 Å². The van der Waals surface area contributed by atoms with E-state index in [1.54, 1.807) is 30.3 Å². The van der Waals surface area contributed by atoms with Crippen LogP contribution in [0, 0.1) is 0 Å². The number of hydrogen-bond donors (Lipinski definition) is 1. The van der Waals surface area contributed by atoms with Crippen molar-refractivity contribution in [2.45, 2.75) is 4.90 Å². The van der Waals surface area contributed by atoms with Gasteiger partial charge in [0, 0.05) is 12.4 Å². The Balaban J connectivity index is 1.53. The molecule has 8 nitrogen and oxygen atoms in total. The number of carbonyl (C=O) groups excluding carboxylic acids is 1. The standard InChI is InChI=1S/C25H20ClN3O5S/c1-33-23-16-18(15-21(26)24(23)34-35(31,32)19-9-3-2-4-10-19)17-27-28-25(30)20-11-5-6-12-22(20)29-13-7-8-14-29/h2-17H,1H3,(H,28,30)/b27-17-. The van der Waals surface area contributed by atoms with Crippen LogP contribution in [0.25, 0.3) is 5.69 Å². The number of rotatable bonds is 8. The molecule has 0 aliphatic carbocycles. The van der Waals surface area contributed by atoms with Crippen LogP contribution in [0.5, 0.6) is 11.5 Å². The average Bonchev–Trinajstić information content (AvgIpc) is 3.41. The van der Waals surface area contributed by atoms with Gasteiger partial charge in [-0.1, -0.05) is 41.9 Å². The number of amides is 1. The maximum absolute atomic E-state index is 12.7. The Kier molecular flexibility index (Phi) is 7.19. The van der Waals surface area contributed by atoms with E-state index >= 15 is 0 Å². The second-order valence-electron chi connectivity index (χ2n) is 7.19. The topological polar surface area (TPSA) is 99.0 Å². The maximum atomic E-state index is 12.7. The van der Waals surface area contributed by atoms with Gasteiger partial charge in [0.15, 0.2) is 5.75 Å². The van der Waals surface area contributed by atoms with Crippen molar-refractivity contribution in [1.29, 1.82) is 0 Å². The number of ether oxygens (including phenoxy) is 1. The molecule has 1 heterocycles. The van der Waals surface area contributed by atoms with Crippen LogP contribution in [0.15, 0.2) is 101 Å². The highest BCUT2D eigenvalue weighted by atomic mass is 35.5. The highest BCUT2D eigenvalue weighted by Gasteiger charge is 2.22. The van der Waals surface area contributed by atoms with Crippen molar-refractivity contribution in [3.8, 4) is 17.2 Å². The lowest BCUT2D eigenvalue weighted by Crippen LogP contribution is -2.19. The summed E-state index contributed by atoms with van der Waals surface area (Å²) in [4.78, 5) is 12.7. The molecule has 1 aromatic heterocycles. The molecule has 178 valence electrons. The summed E-state index contributed by atoms with van der Waals surface area (Å²) in [6, 6.07) is 21.5. The molecule has 1 amide bonds. The molecule has 35 heavy (non-hydrogen) atoms. The van der Waals surface area contributed by atoms with Crippen molar-refractivity contribution in [2.75, 3.05) is 7.11 Å². The third-order valence-corrected chi connectivity index (χ3v) is 6.40. The predicted octanol–water partition coefficient (Wildman–Crippen LogP) is 4.67. The number of hydrazone groups is 1. The van der Waals surface area contributed by atoms with Gasteiger partial charge in [0.25, 0.3) is 5.91 Å². The minimum atomic E-state index is -4.12. The number of halogens is 1. The number of benzene rings is 3. The van der Waals surface area contributed by atoms with E-state index < -0.39 is 16.0 Å². The van der Waals surface area contributed by atoms with E-state index in [1.165, 1.54) is 37.6 Å². The molecule has 0 radical (unpaired) electrons. The first kappa shape index (κ1) is 24.1. The molecule has 10 heteroatoms. The smallest absolute Gasteiger partial charge is 0.339 e. The molecule has 0 saturated carbocycles. The number of nitrogens with zero attached hydrogens (tertiary/aromatic N) is 2. The van der Waals surface area contributed by atoms with Crippen LogP contribution in [-0.4, -0.2) is 32.2 Å². The average molecular weight is 510 g/mol. The zero-order valence-electron chi connectivity index (χ0n) is 18.5. The summed E-state index contributed by atoms with van der Waals surface area (Å²) in [6.07, 6.45) is 5.04. The van der Waals surface area contributed by atoms with Gasteiger partial charge in [-0.2, -0.15) is 13.5 Å². The van der Waals surface area contributed by atoms with E-state index in [4.69, 9.17) is 20.5 Å². The Morgan fingerprint density at radius 2 is 1.69 bits per heavy atom. The van der Waals surface area contributed by atoms with Crippen molar-refractivity contribution in [3.63, 3.8) is 0 Å². The Bertz CT molecular complexity index is 1470. The number of nitrogens with one attached hydrogen (secondary N) is 1. The fourth-order valence-electron chi connectivity index (χ4n) is 3.25. The lowest BCUT2D eigenvalue weighted by atomic mass is 10.1. The number of methoxy groups -OCH3 is 1. The van der Waals surface area contributed by atoms with Gasteiger partial charge in [-0.3, -0.25) is 4.79 Å². The van der Waals surface area contributed by atoms with Crippen LogP contribution in [-0.2, 0) is 10.1 Å². The third kappa shape index (κ3) is 5.53. The summed E-state index contributed by atoms with van der Waals surface area (Å²) in [6.45, 7) is 0. The molecule has 0 unspecified atom stereocenters. The van der Waals surface area contributed by atoms with E-state index in [0.29, 0.717) is 16.8 Å². The molecule has 0 bridgehead atoms. The highest BCUT2D eigenvalue weighted by molar-refractivity contribution is 7.87. The van der Waals surface area contributed by atoms with Crippen LogP contribution in [0.1, 0.15) is 15.9 Å². The summed E-state index contributed by atoms with van der Waals surface area (Å²) in [5.41, 5.74) is 4.08. The molecule has 0 saturated heterocycles. The first-order valence-corrected chi connectivity index (χ1v) is 12.1. The van der Waals surface area contributed by atoms with Gasteiger partial charge in [-0.25, -0.2) is 5.43 Å². The van der Waals surface area contributed by atoms with E-state index in [9.17, 15) is 13.2 Å². The molecule has 0 aliphatic heterocycles. The van der Waals surface area contributed by atoms with Crippen molar-refractivity contribution in [3.05, 3.63) is 107 Å². The van der Waals surface area contributed by atoms with Gasteiger partial charge in [-0.05, 0) is 54.1 Å². The molecule has 3 aromatic carbocycles. The molecular formula is C25H20ClN3O5S. The van der Waals surface area contributed by atoms with Gasteiger partial charge in [0.1, 0.15) is 4.90 Å². The number of carbonyl (C=O) groups is 1. The molecule has 4 rings (SSSR count). The fraction of sp³-hybridized carbons (Fsp3) is 0.0400. The monoisotopic (exact) mass is 509 g/mol. The number of aromatic nitrogens is 1. The quantitative estimate of drug-likeness (QED) is 0.211. The van der Waals surface area contributed by atoms with Gasteiger partial charge in [0.05, 0.1) is 29.6 Å². The van der Waals surface area contributed by atoms with Crippen LogP contribution in [0.3, 0.4) is 0 Å². The fourth-order valence-corrected chi connectivity index (χ4v) is 4.53. The van der Waals surface area contributed by atoms with Gasteiger partial charge in [0.2, 0.25) is 5.75 Å². The minimum absolute atomic E-state index is 0.00501. The zero-order valence-corrected chi connectivity index (χ0v) is 20.0. The maximum Gasteiger partial charge on any atom is 0.339 e. The molecule has 0 spiro atoms. The normalized spacial score (nSPS) is 11.4. The number of hydrogen-bond acceptors (Lipinski definition) is 6. The van der Waals surface area contributed by atoms with Gasteiger partial charge in [-0.15, -0.1) is 0 Å². The summed E-state index contributed by atoms with van der Waals surface area (Å²) >= 11 is 6.30. The second kappa shape index (κ2) is 10.5. The van der Waals surface area contributed by atoms with Crippen LogP contribution in [0.2, 0.25) is 5.02 Å². The molecular weight excluding hydrogens is 490 g/mol. The SMILES string of the molecule is COc1cc(/C=N\NC(=O)c2ccccc2-n2cccc2)cc(Cl)c1OS(=O)(=O)c1ccccc1.